The monoisotopic (exact) mass is 543 g/mol. The maximum Gasteiger partial charge on any atom is 0.326 e. The molecule has 7 N–H and O–H groups in total. The van der Waals surface area contributed by atoms with Crippen LogP contribution in [0, 0.1) is 5.92 Å². The number of hydrogen-bond acceptors (Lipinski definition) is 6. The summed E-state index contributed by atoms with van der Waals surface area (Å²) in [6.45, 7) is 4.09. The van der Waals surface area contributed by atoms with Crippen molar-refractivity contribution in [3.05, 3.63) is 36.0 Å². The molecule has 2 heterocycles. The Kier molecular flexibility index (Phi) is 10.0. The number of carbonyl (C=O) groups excluding carboxylic acids is 3. The van der Waals surface area contributed by atoms with Crippen molar-refractivity contribution in [1.29, 1.82) is 0 Å². The first-order valence-corrected chi connectivity index (χ1v) is 13.1. The number of benzene rings is 1. The zero-order chi connectivity index (χ0) is 28.7. The number of para-hydroxylation sites is 1. The SMILES string of the molecule is CC(C)CC(NC(=O)C(N)Cc1c[nH]c2ccccc12)C(=O)N1CCCC1C(=O)NC(CCC(=O)O)C(=O)O. The van der Waals surface area contributed by atoms with Gasteiger partial charge in [-0.15, -0.1) is 0 Å². The fourth-order valence-corrected chi connectivity index (χ4v) is 4.90. The van der Waals surface area contributed by atoms with Gasteiger partial charge >= 0.3 is 11.9 Å². The first kappa shape index (κ1) is 29.6. The van der Waals surface area contributed by atoms with E-state index in [0.29, 0.717) is 19.3 Å². The van der Waals surface area contributed by atoms with Crippen LogP contribution in [0.5, 0.6) is 0 Å². The third kappa shape index (κ3) is 7.79. The van der Waals surface area contributed by atoms with Gasteiger partial charge in [-0.1, -0.05) is 32.0 Å². The average Bonchev–Trinajstić information content (AvgIpc) is 3.53. The molecule has 1 aromatic carbocycles. The quantitative estimate of drug-likeness (QED) is 0.215. The summed E-state index contributed by atoms with van der Waals surface area (Å²) in [4.78, 5) is 66.5. The Morgan fingerprint density at radius 1 is 1.10 bits per heavy atom. The highest BCUT2D eigenvalue weighted by Crippen LogP contribution is 2.22. The van der Waals surface area contributed by atoms with Crippen molar-refractivity contribution in [2.24, 2.45) is 11.7 Å². The van der Waals surface area contributed by atoms with Gasteiger partial charge < -0.3 is 36.5 Å². The largest absolute Gasteiger partial charge is 0.481 e. The molecule has 0 aliphatic carbocycles. The molecule has 1 aliphatic heterocycles. The van der Waals surface area contributed by atoms with Gasteiger partial charge in [0.15, 0.2) is 0 Å². The van der Waals surface area contributed by atoms with Crippen LogP contribution in [0.25, 0.3) is 10.9 Å². The van der Waals surface area contributed by atoms with Gasteiger partial charge in [-0.25, -0.2) is 4.79 Å². The summed E-state index contributed by atoms with van der Waals surface area (Å²) in [5.74, 6) is -4.07. The lowest BCUT2D eigenvalue weighted by molar-refractivity contribution is -0.145. The molecule has 4 atom stereocenters. The number of nitrogens with zero attached hydrogens (tertiary/aromatic N) is 1. The zero-order valence-electron chi connectivity index (χ0n) is 22.2. The maximum absolute atomic E-state index is 13.6. The van der Waals surface area contributed by atoms with Crippen LogP contribution in [0.2, 0.25) is 0 Å². The van der Waals surface area contributed by atoms with E-state index in [1.54, 1.807) is 0 Å². The minimum atomic E-state index is -1.39. The minimum absolute atomic E-state index is 0.0476. The molecule has 212 valence electrons. The number of H-pyrrole nitrogens is 1. The Bertz CT molecular complexity index is 1210. The summed E-state index contributed by atoms with van der Waals surface area (Å²) in [6.07, 6.45) is 2.54. The molecule has 0 saturated carbocycles. The third-order valence-corrected chi connectivity index (χ3v) is 6.87. The van der Waals surface area contributed by atoms with E-state index in [9.17, 15) is 29.1 Å². The molecule has 0 radical (unpaired) electrons. The average molecular weight is 544 g/mol. The van der Waals surface area contributed by atoms with E-state index in [4.69, 9.17) is 10.8 Å². The molecule has 0 bridgehead atoms. The number of rotatable bonds is 13. The molecule has 4 unspecified atom stereocenters. The van der Waals surface area contributed by atoms with Gasteiger partial charge in [0.2, 0.25) is 17.7 Å². The summed E-state index contributed by atoms with van der Waals surface area (Å²) in [6, 6.07) is 3.53. The number of carboxylic acids is 2. The van der Waals surface area contributed by atoms with Crippen LogP contribution in [0.15, 0.2) is 30.5 Å². The highest BCUT2D eigenvalue weighted by Gasteiger charge is 2.39. The second-order valence-electron chi connectivity index (χ2n) is 10.4. The Morgan fingerprint density at radius 3 is 2.49 bits per heavy atom. The number of aromatic nitrogens is 1. The summed E-state index contributed by atoms with van der Waals surface area (Å²) in [7, 11) is 0. The molecule has 1 aliphatic rings. The summed E-state index contributed by atoms with van der Waals surface area (Å²) in [5.41, 5.74) is 8.04. The van der Waals surface area contributed by atoms with Crippen molar-refractivity contribution in [3.63, 3.8) is 0 Å². The van der Waals surface area contributed by atoms with Crippen molar-refractivity contribution in [1.82, 2.24) is 20.5 Å². The van der Waals surface area contributed by atoms with E-state index in [-0.39, 0.29) is 25.3 Å². The molecule has 39 heavy (non-hydrogen) atoms. The zero-order valence-corrected chi connectivity index (χ0v) is 22.2. The van der Waals surface area contributed by atoms with Crippen molar-refractivity contribution in [2.45, 2.75) is 76.5 Å². The molecular formula is C27H37N5O7. The molecule has 1 saturated heterocycles. The number of hydrogen-bond donors (Lipinski definition) is 6. The Balaban J connectivity index is 1.68. The number of aromatic amines is 1. The lowest BCUT2D eigenvalue weighted by atomic mass is 10.0. The number of aliphatic carboxylic acids is 2. The lowest BCUT2D eigenvalue weighted by Crippen LogP contribution is -2.57. The normalized spacial score (nSPS) is 17.5. The van der Waals surface area contributed by atoms with E-state index < -0.39 is 60.2 Å². The molecule has 1 fully saturated rings. The van der Waals surface area contributed by atoms with E-state index in [0.717, 1.165) is 16.5 Å². The van der Waals surface area contributed by atoms with Crippen LogP contribution in [-0.2, 0) is 30.4 Å². The number of likely N-dealkylation sites (tertiary alicyclic amines) is 1. The predicted molar refractivity (Wildman–Crippen MR) is 143 cm³/mol. The lowest BCUT2D eigenvalue weighted by Gasteiger charge is -2.30. The third-order valence-electron chi connectivity index (χ3n) is 6.87. The first-order valence-electron chi connectivity index (χ1n) is 13.1. The second-order valence-corrected chi connectivity index (χ2v) is 10.4. The molecule has 3 amide bonds. The minimum Gasteiger partial charge on any atom is -0.481 e. The van der Waals surface area contributed by atoms with E-state index in [1.165, 1.54) is 4.90 Å². The van der Waals surface area contributed by atoms with Gasteiger partial charge in [0, 0.05) is 30.1 Å². The van der Waals surface area contributed by atoms with E-state index >= 15 is 0 Å². The topological polar surface area (TPSA) is 195 Å². The smallest absolute Gasteiger partial charge is 0.326 e. The highest BCUT2D eigenvalue weighted by atomic mass is 16.4. The molecule has 3 rings (SSSR count). The van der Waals surface area contributed by atoms with E-state index in [1.807, 2.05) is 44.3 Å². The standard InChI is InChI=1S/C27H37N5O7/c1-15(2)12-21(31-24(35)18(28)13-16-14-29-19-7-4-3-6-17(16)19)26(37)32-11-5-8-22(32)25(36)30-20(27(38)39)9-10-23(33)34/h3-4,6-7,14-15,18,20-22,29H,5,8-13,28H2,1-2H3,(H,30,36)(H,31,35)(H,33,34)(H,38,39). The first-order chi connectivity index (χ1) is 18.5. The Hall–Kier alpha value is -3.93. The predicted octanol–water partition coefficient (Wildman–Crippen LogP) is 0.994. The van der Waals surface area contributed by atoms with Gasteiger partial charge in [-0.2, -0.15) is 0 Å². The molecular weight excluding hydrogens is 506 g/mol. The summed E-state index contributed by atoms with van der Waals surface area (Å²) < 4.78 is 0. The molecule has 12 heteroatoms. The van der Waals surface area contributed by atoms with Crippen LogP contribution >= 0.6 is 0 Å². The van der Waals surface area contributed by atoms with Crippen LogP contribution in [-0.4, -0.2) is 80.5 Å². The Labute approximate surface area is 226 Å². The van der Waals surface area contributed by atoms with Gasteiger partial charge in [-0.3, -0.25) is 19.2 Å². The van der Waals surface area contributed by atoms with Crippen LogP contribution in [0.1, 0.15) is 51.5 Å². The fraction of sp³-hybridized carbons (Fsp3) is 0.519. The molecule has 2 aromatic rings. The number of amides is 3. The maximum atomic E-state index is 13.6. The van der Waals surface area contributed by atoms with Gasteiger partial charge in [-0.05, 0) is 49.7 Å². The number of nitrogens with one attached hydrogen (secondary N) is 3. The molecule has 1 aromatic heterocycles. The van der Waals surface area contributed by atoms with Crippen LogP contribution in [0.4, 0.5) is 0 Å². The van der Waals surface area contributed by atoms with Gasteiger partial charge in [0.1, 0.15) is 18.1 Å². The highest BCUT2D eigenvalue weighted by molar-refractivity contribution is 5.95. The van der Waals surface area contributed by atoms with Crippen LogP contribution in [0.3, 0.4) is 0 Å². The summed E-state index contributed by atoms with van der Waals surface area (Å²) in [5, 5.41) is 24.4. The van der Waals surface area contributed by atoms with E-state index in [2.05, 4.69) is 15.6 Å². The van der Waals surface area contributed by atoms with Crippen molar-refractivity contribution < 1.29 is 34.2 Å². The Morgan fingerprint density at radius 2 is 1.82 bits per heavy atom. The number of carbonyl (C=O) groups is 5. The summed E-state index contributed by atoms with van der Waals surface area (Å²) >= 11 is 0. The van der Waals surface area contributed by atoms with Crippen LogP contribution < -0.4 is 16.4 Å². The second kappa shape index (κ2) is 13.2. The van der Waals surface area contributed by atoms with Crippen molar-refractivity contribution in [3.8, 4) is 0 Å². The van der Waals surface area contributed by atoms with Gasteiger partial charge in [0.05, 0.1) is 6.04 Å². The molecule has 12 nitrogen and oxygen atoms in total. The molecule has 0 spiro atoms. The fourth-order valence-electron chi connectivity index (χ4n) is 4.90. The van der Waals surface area contributed by atoms with Crippen molar-refractivity contribution >= 4 is 40.6 Å². The van der Waals surface area contributed by atoms with Crippen molar-refractivity contribution in [2.75, 3.05) is 6.54 Å². The number of nitrogens with two attached hydrogens (primary N) is 1. The van der Waals surface area contributed by atoms with Gasteiger partial charge in [0.25, 0.3) is 0 Å². The number of fused-ring (bicyclic) bond motifs is 1. The number of carboxylic acid groups (broad SMARTS) is 2.